The summed E-state index contributed by atoms with van der Waals surface area (Å²) >= 11 is 0. The Morgan fingerprint density at radius 3 is 2.50 bits per heavy atom. The van der Waals surface area contributed by atoms with Gasteiger partial charge in [-0.2, -0.15) is 0 Å². The predicted molar refractivity (Wildman–Crippen MR) is 70.3 cm³/mol. The maximum atomic E-state index is 13.6. The van der Waals surface area contributed by atoms with Crippen LogP contribution in [0.1, 0.15) is 16.2 Å². The fraction of sp³-hybridized carbons (Fsp3) is 0.231. The van der Waals surface area contributed by atoms with Crippen molar-refractivity contribution in [3.05, 3.63) is 47.5 Å². The Hall–Kier alpha value is -2.44. The Bertz CT molecular complexity index is 616. The first-order chi connectivity index (χ1) is 9.52. The highest BCUT2D eigenvalue weighted by molar-refractivity contribution is 5.94. The number of nitrogens with zero attached hydrogens (tertiary/aromatic N) is 2. The highest BCUT2D eigenvalue weighted by Crippen LogP contribution is 2.20. The van der Waals surface area contributed by atoms with Gasteiger partial charge in [0.1, 0.15) is 23.1 Å². The van der Waals surface area contributed by atoms with Gasteiger partial charge in [-0.3, -0.25) is 4.79 Å². The van der Waals surface area contributed by atoms with E-state index in [2.05, 4.69) is 15.6 Å². The summed E-state index contributed by atoms with van der Waals surface area (Å²) in [7, 11) is 3.19. The summed E-state index contributed by atoms with van der Waals surface area (Å²) in [6.07, 6.45) is 3.34. The minimum Gasteiger partial charge on any atom is -0.383 e. The van der Waals surface area contributed by atoms with E-state index in [1.165, 1.54) is 7.05 Å². The molecule has 0 spiro atoms. The average Bonchev–Trinajstić information content (AvgIpc) is 2.81. The van der Waals surface area contributed by atoms with Crippen molar-refractivity contribution in [2.75, 3.05) is 12.4 Å². The van der Waals surface area contributed by atoms with E-state index in [1.807, 2.05) is 0 Å². The molecule has 0 aliphatic heterocycles. The molecule has 0 atom stereocenters. The number of nitrogens with one attached hydrogen (secondary N) is 2. The van der Waals surface area contributed by atoms with Crippen molar-refractivity contribution in [2.24, 2.45) is 7.05 Å². The Labute approximate surface area is 114 Å². The fourth-order valence-corrected chi connectivity index (χ4v) is 1.77. The van der Waals surface area contributed by atoms with Crippen LogP contribution in [-0.2, 0) is 13.6 Å². The Morgan fingerprint density at radius 2 is 2.00 bits per heavy atom. The third-order valence-corrected chi connectivity index (χ3v) is 2.88. The molecule has 1 aromatic carbocycles. The van der Waals surface area contributed by atoms with Gasteiger partial charge in [0.2, 0.25) is 0 Å². The van der Waals surface area contributed by atoms with Gasteiger partial charge in [0.05, 0.1) is 6.54 Å². The summed E-state index contributed by atoms with van der Waals surface area (Å²) in [4.78, 5) is 15.9. The highest BCUT2D eigenvalue weighted by atomic mass is 19.1. The Balaban J connectivity index is 2.12. The number of carbonyl (C=O) groups is 1. The van der Waals surface area contributed by atoms with Crippen LogP contribution in [0, 0.1) is 11.6 Å². The number of anilines is 1. The van der Waals surface area contributed by atoms with Crippen molar-refractivity contribution >= 4 is 11.6 Å². The molecule has 106 valence electrons. The molecule has 2 aromatic rings. The molecule has 1 aromatic heterocycles. The van der Waals surface area contributed by atoms with Crippen molar-refractivity contribution in [3.63, 3.8) is 0 Å². The molecule has 0 aliphatic carbocycles. The molecular weight excluding hydrogens is 266 g/mol. The second-order valence-corrected chi connectivity index (χ2v) is 4.20. The number of aromatic nitrogens is 2. The summed E-state index contributed by atoms with van der Waals surface area (Å²) in [5, 5.41) is 4.95. The normalized spacial score (nSPS) is 10.4. The number of rotatable bonds is 4. The van der Waals surface area contributed by atoms with Crippen LogP contribution < -0.4 is 10.6 Å². The van der Waals surface area contributed by atoms with Gasteiger partial charge in [-0.25, -0.2) is 13.8 Å². The van der Waals surface area contributed by atoms with Crippen LogP contribution in [0.5, 0.6) is 0 Å². The molecule has 0 aliphatic rings. The van der Waals surface area contributed by atoms with Crippen molar-refractivity contribution in [1.29, 1.82) is 0 Å². The molecule has 1 heterocycles. The first-order valence-electron chi connectivity index (χ1n) is 5.94. The molecule has 2 rings (SSSR count). The number of hydrogen-bond donors (Lipinski definition) is 2. The van der Waals surface area contributed by atoms with Crippen LogP contribution in [0.4, 0.5) is 14.5 Å². The number of halogens is 2. The monoisotopic (exact) mass is 280 g/mol. The topological polar surface area (TPSA) is 59.0 Å². The van der Waals surface area contributed by atoms with Gasteiger partial charge in [0.15, 0.2) is 0 Å². The molecular formula is C13H14F2N4O. The zero-order valence-corrected chi connectivity index (χ0v) is 11.1. The quantitative estimate of drug-likeness (QED) is 0.895. The van der Waals surface area contributed by atoms with Gasteiger partial charge < -0.3 is 15.2 Å². The lowest BCUT2D eigenvalue weighted by molar-refractivity contribution is 0.0948. The van der Waals surface area contributed by atoms with Gasteiger partial charge in [0.25, 0.3) is 5.91 Å². The average molecular weight is 280 g/mol. The molecule has 0 fully saturated rings. The third kappa shape index (κ3) is 2.76. The number of aryl methyl sites for hydroxylation is 1. The standard InChI is InChI=1S/C13H14F2N4O/c1-16-12-9(14)5-8(6-10(12)15)13(20)18-7-11-17-3-4-19(11)2/h3-6,16H,7H2,1-2H3,(H,18,20). The van der Waals surface area contributed by atoms with E-state index in [9.17, 15) is 13.6 Å². The molecule has 0 radical (unpaired) electrons. The van der Waals surface area contributed by atoms with E-state index in [-0.39, 0.29) is 17.8 Å². The van der Waals surface area contributed by atoms with Crippen molar-refractivity contribution in [3.8, 4) is 0 Å². The van der Waals surface area contributed by atoms with E-state index in [0.717, 1.165) is 12.1 Å². The number of amides is 1. The first kappa shape index (κ1) is 14.0. The minimum atomic E-state index is -0.811. The van der Waals surface area contributed by atoms with Crippen LogP contribution in [0.2, 0.25) is 0 Å². The zero-order valence-electron chi connectivity index (χ0n) is 11.1. The second kappa shape index (κ2) is 5.68. The smallest absolute Gasteiger partial charge is 0.251 e. The lowest BCUT2D eigenvalue weighted by Crippen LogP contribution is -2.24. The van der Waals surface area contributed by atoms with Gasteiger partial charge in [-0.1, -0.05) is 0 Å². The predicted octanol–water partition coefficient (Wildman–Crippen LogP) is 1.67. The van der Waals surface area contributed by atoms with Crippen molar-refractivity contribution in [1.82, 2.24) is 14.9 Å². The Kier molecular flexibility index (Phi) is 3.97. The second-order valence-electron chi connectivity index (χ2n) is 4.20. The van der Waals surface area contributed by atoms with Crippen molar-refractivity contribution < 1.29 is 13.6 Å². The Morgan fingerprint density at radius 1 is 1.35 bits per heavy atom. The first-order valence-corrected chi connectivity index (χ1v) is 5.94. The van der Waals surface area contributed by atoms with Crippen LogP contribution >= 0.6 is 0 Å². The summed E-state index contributed by atoms with van der Waals surface area (Å²) in [6.45, 7) is 0.180. The summed E-state index contributed by atoms with van der Waals surface area (Å²) in [6, 6.07) is 1.98. The van der Waals surface area contributed by atoms with E-state index >= 15 is 0 Å². The maximum absolute atomic E-state index is 13.6. The zero-order chi connectivity index (χ0) is 14.7. The maximum Gasteiger partial charge on any atom is 0.251 e. The van der Waals surface area contributed by atoms with Crippen LogP contribution in [0.25, 0.3) is 0 Å². The lowest BCUT2D eigenvalue weighted by Gasteiger charge is -2.08. The lowest BCUT2D eigenvalue weighted by atomic mass is 10.1. The summed E-state index contributed by atoms with van der Waals surface area (Å²) < 4.78 is 28.8. The van der Waals surface area contributed by atoms with Gasteiger partial charge >= 0.3 is 0 Å². The van der Waals surface area contributed by atoms with E-state index in [1.54, 1.807) is 24.0 Å². The fourth-order valence-electron chi connectivity index (χ4n) is 1.77. The third-order valence-electron chi connectivity index (χ3n) is 2.88. The molecule has 0 saturated carbocycles. The van der Waals surface area contributed by atoms with Crippen molar-refractivity contribution in [2.45, 2.75) is 6.54 Å². The van der Waals surface area contributed by atoms with Crippen LogP contribution in [0.15, 0.2) is 24.5 Å². The molecule has 20 heavy (non-hydrogen) atoms. The number of imidazole rings is 1. The number of carbonyl (C=O) groups excluding carboxylic acids is 1. The minimum absolute atomic E-state index is 0.0757. The number of benzene rings is 1. The van der Waals surface area contributed by atoms with E-state index in [4.69, 9.17) is 0 Å². The van der Waals surface area contributed by atoms with E-state index in [0.29, 0.717) is 5.82 Å². The van der Waals surface area contributed by atoms with E-state index < -0.39 is 17.5 Å². The van der Waals surface area contributed by atoms with Gasteiger partial charge in [-0.05, 0) is 12.1 Å². The summed E-state index contributed by atoms with van der Waals surface area (Å²) in [5.74, 6) is -1.54. The van der Waals surface area contributed by atoms with Crippen LogP contribution in [-0.4, -0.2) is 22.5 Å². The highest BCUT2D eigenvalue weighted by Gasteiger charge is 2.14. The SMILES string of the molecule is CNc1c(F)cc(C(=O)NCc2nccn2C)cc1F. The van der Waals surface area contributed by atoms with Crippen LogP contribution in [0.3, 0.4) is 0 Å². The molecule has 0 unspecified atom stereocenters. The molecule has 5 nitrogen and oxygen atoms in total. The molecule has 1 amide bonds. The molecule has 7 heteroatoms. The molecule has 0 saturated heterocycles. The van der Waals surface area contributed by atoms with Gasteiger partial charge in [0, 0.05) is 32.1 Å². The molecule has 0 bridgehead atoms. The number of hydrogen-bond acceptors (Lipinski definition) is 3. The summed E-state index contributed by atoms with van der Waals surface area (Å²) in [5.41, 5.74) is -0.334. The molecule has 2 N–H and O–H groups in total. The van der Waals surface area contributed by atoms with Gasteiger partial charge in [-0.15, -0.1) is 0 Å². The largest absolute Gasteiger partial charge is 0.383 e.